The molecule has 0 atom stereocenters. The predicted octanol–water partition coefficient (Wildman–Crippen LogP) is 3.63. The van der Waals surface area contributed by atoms with Crippen LogP contribution in [-0.4, -0.2) is 24.0 Å². The largest absolute Gasteiger partial charge is 0.465 e. The number of ether oxygens (including phenoxy) is 1. The average molecular weight is 336 g/mol. The van der Waals surface area contributed by atoms with Gasteiger partial charge in [-0.1, -0.05) is 18.2 Å². The maximum Gasteiger partial charge on any atom is 0.340 e. The van der Waals surface area contributed by atoms with E-state index >= 15 is 0 Å². The van der Waals surface area contributed by atoms with Gasteiger partial charge < -0.3 is 14.5 Å². The van der Waals surface area contributed by atoms with E-state index in [1.807, 2.05) is 24.3 Å². The van der Waals surface area contributed by atoms with Gasteiger partial charge in [-0.25, -0.2) is 9.78 Å². The van der Waals surface area contributed by atoms with E-state index in [-0.39, 0.29) is 11.8 Å². The standard InChI is InChI=1S/C19H16N2O4/c1-24-19(23)13-6-4-8-15-16(13)21-18(25-15)12-5-2-3-7-14(12)20-17(22)11-9-10-11/h2-8,11H,9-10H2,1H3,(H,20,22). The molecule has 0 bridgehead atoms. The smallest absolute Gasteiger partial charge is 0.340 e. The highest BCUT2D eigenvalue weighted by Crippen LogP contribution is 2.34. The SMILES string of the molecule is COC(=O)c1cccc2oc(-c3ccccc3NC(=O)C3CC3)nc12. The Bertz CT molecular complexity index is 972. The summed E-state index contributed by atoms with van der Waals surface area (Å²) >= 11 is 0. The van der Waals surface area contributed by atoms with Gasteiger partial charge in [0, 0.05) is 5.92 Å². The first-order valence-electron chi connectivity index (χ1n) is 8.05. The van der Waals surface area contributed by atoms with Crippen LogP contribution in [0.25, 0.3) is 22.6 Å². The molecule has 6 heteroatoms. The Labute approximate surface area is 143 Å². The minimum Gasteiger partial charge on any atom is -0.465 e. The van der Waals surface area contributed by atoms with E-state index in [2.05, 4.69) is 10.3 Å². The van der Waals surface area contributed by atoms with Crippen molar-refractivity contribution in [2.24, 2.45) is 5.92 Å². The van der Waals surface area contributed by atoms with Gasteiger partial charge in [0.1, 0.15) is 5.52 Å². The molecule has 0 unspecified atom stereocenters. The van der Waals surface area contributed by atoms with Gasteiger partial charge in [0.05, 0.1) is 23.9 Å². The van der Waals surface area contributed by atoms with Crippen LogP contribution >= 0.6 is 0 Å². The summed E-state index contributed by atoms with van der Waals surface area (Å²) in [6.07, 6.45) is 1.86. The fourth-order valence-electron chi connectivity index (χ4n) is 2.70. The first kappa shape index (κ1) is 15.4. The van der Waals surface area contributed by atoms with Crippen LogP contribution in [0.5, 0.6) is 0 Å². The van der Waals surface area contributed by atoms with Crippen molar-refractivity contribution in [2.45, 2.75) is 12.8 Å². The monoisotopic (exact) mass is 336 g/mol. The first-order valence-corrected chi connectivity index (χ1v) is 8.05. The van der Waals surface area contributed by atoms with Crippen molar-refractivity contribution in [3.05, 3.63) is 48.0 Å². The Morgan fingerprint density at radius 3 is 2.72 bits per heavy atom. The quantitative estimate of drug-likeness (QED) is 0.736. The molecule has 1 amide bonds. The molecule has 0 spiro atoms. The number of carbonyl (C=O) groups is 2. The zero-order valence-corrected chi connectivity index (χ0v) is 13.6. The maximum absolute atomic E-state index is 12.1. The van der Waals surface area contributed by atoms with Gasteiger partial charge in [-0.3, -0.25) is 4.79 Å². The zero-order chi connectivity index (χ0) is 17.4. The van der Waals surface area contributed by atoms with Crippen LogP contribution in [0, 0.1) is 5.92 Å². The van der Waals surface area contributed by atoms with E-state index in [1.54, 1.807) is 18.2 Å². The highest BCUT2D eigenvalue weighted by atomic mass is 16.5. The number of nitrogens with zero attached hydrogens (tertiary/aromatic N) is 1. The van der Waals surface area contributed by atoms with Crippen LogP contribution < -0.4 is 5.32 Å². The normalized spacial score (nSPS) is 13.6. The molecule has 0 radical (unpaired) electrons. The van der Waals surface area contributed by atoms with Crippen molar-refractivity contribution in [1.82, 2.24) is 4.98 Å². The third-order valence-electron chi connectivity index (χ3n) is 4.19. The van der Waals surface area contributed by atoms with Crippen LogP contribution in [-0.2, 0) is 9.53 Å². The Morgan fingerprint density at radius 2 is 1.96 bits per heavy atom. The van der Waals surface area contributed by atoms with Crippen molar-refractivity contribution >= 4 is 28.7 Å². The molecular weight excluding hydrogens is 320 g/mol. The van der Waals surface area contributed by atoms with Gasteiger partial charge >= 0.3 is 5.97 Å². The lowest BCUT2D eigenvalue weighted by Crippen LogP contribution is -2.13. The number of amides is 1. The Morgan fingerprint density at radius 1 is 1.16 bits per heavy atom. The van der Waals surface area contributed by atoms with Gasteiger partial charge in [-0.2, -0.15) is 0 Å². The number of oxazole rings is 1. The molecule has 25 heavy (non-hydrogen) atoms. The van der Waals surface area contributed by atoms with Crippen LogP contribution in [0.4, 0.5) is 5.69 Å². The molecule has 1 aromatic heterocycles. The van der Waals surface area contributed by atoms with Crippen LogP contribution in [0.2, 0.25) is 0 Å². The molecule has 2 aromatic carbocycles. The van der Waals surface area contributed by atoms with Crippen molar-refractivity contribution in [3.63, 3.8) is 0 Å². The molecule has 1 saturated carbocycles. The number of hydrogen-bond donors (Lipinski definition) is 1. The number of nitrogens with one attached hydrogen (secondary N) is 1. The highest BCUT2D eigenvalue weighted by molar-refractivity contribution is 6.02. The number of fused-ring (bicyclic) bond motifs is 1. The number of aromatic nitrogens is 1. The summed E-state index contributed by atoms with van der Waals surface area (Å²) < 4.78 is 10.6. The van der Waals surface area contributed by atoms with E-state index in [0.29, 0.717) is 33.8 Å². The minimum absolute atomic E-state index is 0.0128. The Hall–Kier alpha value is -3.15. The van der Waals surface area contributed by atoms with E-state index < -0.39 is 5.97 Å². The maximum atomic E-state index is 12.1. The van der Waals surface area contributed by atoms with Gasteiger partial charge in [0.2, 0.25) is 11.8 Å². The molecule has 6 nitrogen and oxygen atoms in total. The predicted molar refractivity (Wildman–Crippen MR) is 92.1 cm³/mol. The second kappa shape index (κ2) is 6.05. The molecule has 126 valence electrons. The molecule has 1 aliphatic rings. The van der Waals surface area contributed by atoms with Gasteiger partial charge in [-0.05, 0) is 37.1 Å². The lowest BCUT2D eigenvalue weighted by atomic mass is 10.1. The summed E-state index contributed by atoms with van der Waals surface area (Å²) in [5.41, 5.74) is 2.58. The van der Waals surface area contributed by atoms with Crippen molar-refractivity contribution in [2.75, 3.05) is 12.4 Å². The van der Waals surface area contributed by atoms with Gasteiger partial charge in [0.25, 0.3) is 0 Å². The molecule has 0 saturated heterocycles. The highest BCUT2D eigenvalue weighted by Gasteiger charge is 2.30. The van der Waals surface area contributed by atoms with E-state index in [4.69, 9.17) is 9.15 Å². The van der Waals surface area contributed by atoms with Gasteiger partial charge in [-0.15, -0.1) is 0 Å². The fourth-order valence-corrected chi connectivity index (χ4v) is 2.70. The second-order valence-electron chi connectivity index (χ2n) is 5.97. The molecule has 1 fully saturated rings. The van der Waals surface area contributed by atoms with Crippen molar-refractivity contribution < 1.29 is 18.7 Å². The molecule has 1 aliphatic carbocycles. The van der Waals surface area contributed by atoms with Gasteiger partial charge in [0.15, 0.2) is 5.58 Å². The Balaban J connectivity index is 1.77. The van der Waals surface area contributed by atoms with Crippen LogP contribution in [0.3, 0.4) is 0 Å². The number of anilines is 1. The number of para-hydroxylation sites is 2. The van der Waals surface area contributed by atoms with Crippen molar-refractivity contribution in [1.29, 1.82) is 0 Å². The number of methoxy groups -OCH3 is 1. The summed E-state index contributed by atoms with van der Waals surface area (Å²) in [5, 5.41) is 2.93. The molecule has 4 rings (SSSR count). The lowest BCUT2D eigenvalue weighted by molar-refractivity contribution is -0.117. The van der Waals surface area contributed by atoms with Crippen molar-refractivity contribution in [3.8, 4) is 11.5 Å². The number of rotatable bonds is 4. The number of carbonyl (C=O) groups excluding carboxylic acids is 2. The summed E-state index contributed by atoms with van der Waals surface area (Å²) in [4.78, 5) is 28.5. The van der Waals surface area contributed by atoms with E-state index in [9.17, 15) is 9.59 Å². The lowest BCUT2D eigenvalue weighted by Gasteiger charge is -2.07. The first-order chi connectivity index (χ1) is 12.2. The summed E-state index contributed by atoms with van der Waals surface area (Å²) in [6, 6.07) is 12.4. The second-order valence-corrected chi connectivity index (χ2v) is 5.97. The van der Waals surface area contributed by atoms with E-state index in [0.717, 1.165) is 12.8 Å². The number of benzene rings is 2. The topological polar surface area (TPSA) is 81.4 Å². The molecule has 1 heterocycles. The van der Waals surface area contributed by atoms with E-state index in [1.165, 1.54) is 7.11 Å². The molecule has 0 aliphatic heterocycles. The summed E-state index contributed by atoms with van der Waals surface area (Å²) in [5.74, 6) is -0.0137. The molecular formula is C19H16N2O4. The fraction of sp³-hybridized carbons (Fsp3) is 0.211. The molecule has 1 N–H and O–H groups in total. The summed E-state index contributed by atoms with van der Waals surface area (Å²) in [7, 11) is 1.32. The third kappa shape index (κ3) is 2.87. The third-order valence-corrected chi connectivity index (χ3v) is 4.19. The van der Waals surface area contributed by atoms with Crippen LogP contribution in [0.15, 0.2) is 46.9 Å². The average Bonchev–Trinajstić information content (AvgIpc) is 3.40. The Kier molecular flexibility index (Phi) is 3.72. The number of hydrogen-bond acceptors (Lipinski definition) is 5. The number of esters is 1. The summed E-state index contributed by atoms with van der Waals surface area (Å²) in [6.45, 7) is 0. The molecule has 3 aromatic rings. The van der Waals surface area contributed by atoms with Crippen LogP contribution in [0.1, 0.15) is 23.2 Å². The zero-order valence-electron chi connectivity index (χ0n) is 13.6. The minimum atomic E-state index is -0.472.